The Labute approximate surface area is 116 Å². The van der Waals surface area contributed by atoms with Crippen molar-refractivity contribution in [2.24, 2.45) is 7.05 Å². The van der Waals surface area contributed by atoms with Gasteiger partial charge in [-0.1, -0.05) is 0 Å². The smallest absolute Gasteiger partial charge is 0.345 e. The van der Waals surface area contributed by atoms with Crippen molar-refractivity contribution in [2.75, 3.05) is 0 Å². The van der Waals surface area contributed by atoms with Gasteiger partial charge in [-0.3, -0.25) is 14.0 Å². The first kappa shape index (κ1) is 14.0. The molecule has 1 N–H and O–H groups in total. The van der Waals surface area contributed by atoms with Crippen LogP contribution < -0.4 is 11.0 Å². The highest BCUT2D eigenvalue weighted by atomic mass is 16.2. The third-order valence-corrected chi connectivity index (χ3v) is 3.03. The number of rotatable bonds is 5. The maximum Gasteiger partial charge on any atom is 0.345 e. The van der Waals surface area contributed by atoms with Gasteiger partial charge in [0.15, 0.2) is 0 Å². The van der Waals surface area contributed by atoms with Gasteiger partial charge in [0.1, 0.15) is 12.9 Å². The molecule has 0 radical (unpaired) electrons. The molecule has 0 bridgehead atoms. The lowest BCUT2D eigenvalue weighted by Gasteiger charge is -2.11. The summed E-state index contributed by atoms with van der Waals surface area (Å²) >= 11 is 0. The summed E-state index contributed by atoms with van der Waals surface area (Å²) < 4.78 is 4.24. The topological polar surface area (TPSA) is 86.7 Å². The van der Waals surface area contributed by atoms with Gasteiger partial charge < -0.3 is 5.32 Å². The zero-order chi connectivity index (χ0) is 14.7. The summed E-state index contributed by atoms with van der Waals surface area (Å²) in [6, 6.07) is -0.165. The van der Waals surface area contributed by atoms with Crippen LogP contribution in [0.1, 0.15) is 25.5 Å². The number of aromatic nitrogens is 5. The van der Waals surface area contributed by atoms with Crippen LogP contribution in [0.25, 0.3) is 0 Å². The maximum absolute atomic E-state index is 11.9. The lowest BCUT2D eigenvalue weighted by atomic mass is 10.2. The van der Waals surface area contributed by atoms with E-state index in [4.69, 9.17) is 0 Å². The summed E-state index contributed by atoms with van der Waals surface area (Å²) in [5, 5.41) is 10.8. The molecule has 0 saturated heterocycles. The Morgan fingerprint density at radius 1 is 1.45 bits per heavy atom. The van der Waals surface area contributed by atoms with Crippen molar-refractivity contribution < 1.29 is 4.79 Å². The lowest BCUT2D eigenvalue weighted by molar-refractivity contribution is -0.122. The number of hydrogen-bond acceptors (Lipinski definition) is 4. The predicted octanol–water partition coefficient (Wildman–Crippen LogP) is -0.324. The quantitative estimate of drug-likeness (QED) is 0.811. The number of aryl methyl sites for hydroxylation is 2. The van der Waals surface area contributed by atoms with Crippen LogP contribution in [0.3, 0.4) is 0 Å². The van der Waals surface area contributed by atoms with E-state index in [-0.39, 0.29) is 24.2 Å². The molecule has 1 unspecified atom stereocenters. The molecular formula is C12H18N6O2. The van der Waals surface area contributed by atoms with E-state index in [1.807, 2.05) is 20.0 Å². The zero-order valence-electron chi connectivity index (χ0n) is 11.8. The normalized spacial score (nSPS) is 12.3. The first-order valence-corrected chi connectivity index (χ1v) is 6.41. The van der Waals surface area contributed by atoms with E-state index in [0.29, 0.717) is 0 Å². The van der Waals surface area contributed by atoms with Gasteiger partial charge in [0, 0.05) is 25.4 Å². The number of nitrogens with zero attached hydrogens (tertiary/aromatic N) is 5. The molecule has 0 fully saturated rings. The van der Waals surface area contributed by atoms with E-state index in [2.05, 4.69) is 15.5 Å². The van der Waals surface area contributed by atoms with Gasteiger partial charge in [-0.15, -0.1) is 0 Å². The van der Waals surface area contributed by atoms with Crippen molar-refractivity contribution >= 4 is 5.91 Å². The molecule has 1 amide bonds. The van der Waals surface area contributed by atoms with Crippen molar-refractivity contribution in [3.05, 3.63) is 34.8 Å². The van der Waals surface area contributed by atoms with Crippen LogP contribution in [0.4, 0.5) is 0 Å². The Hall–Kier alpha value is -2.38. The highest BCUT2D eigenvalue weighted by molar-refractivity contribution is 5.76. The maximum atomic E-state index is 11.9. The summed E-state index contributed by atoms with van der Waals surface area (Å²) in [4.78, 5) is 23.5. The van der Waals surface area contributed by atoms with E-state index >= 15 is 0 Å². The van der Waals surface area contributed by atoms with Crippen molar-refractivity contribution in [3.8, 4) is 0 Å². The van der Waals surface area contributed by atoms with Crippen molar-refractivity contribution in [1.82, 2.24) is 29.4 Å². The van der Waals surface area contributed by atoms with Crippen molar-refractivity contribution in [3.63, 3.8) is 0 Å². The fourth-order valence-electron chi connectivity index (χ4n) is 1.81. The van der Waals surface area contributed by atoms with E-state index < -0.39 is 0 Å². The SMILES string of the molecule is CCn1cc(C(C)NC(=O)Cn2ncn(C)c2=O)cn1. The van der Waals surface area contributed by atoms with Crippen molar-refractivity contribution in [1.29, 1.82) is 0 Å². The minimum Gasteiger partial charge on any atom is -0.348 e. The molecule has 2 aromatic heterocycles. The highest BCUT2D eigenvalue weighted by Gasteiger charge is 2.13. The second-order valence-corrected chi connectivity index (χ2v) is 4.60. The molecule has 0 aliphatic carbocycles. The fourth-order valence-corrected chi connectivity index (χ4v) is 1.81. The van der Waals surface area contributed by atoms with Crippen LogP contribution in [-0.4, -0.2) is 30.0 Å². The second-order valence-electron chi connectivity index (χ2n) is 4.60. The van der Waals surface area contributed by atoms with Crippen LogP contribution in [0.5, 0.6) is 0 Å². The average Bonchev–Trinajstić information content (AvgIpc) is 3.01. The molecule has 0 saturated carbocycles. The molecule has 20 heavy (non-hydrogen) atoms. The molecule has 0 aliphatic rings. The molecular weight excluding hydrogens is 260 g/mol. The molecule has 0 aliphatic heterocycles. The van der Waals surface area contributed by atoms with Gasteiger partial charge in [-0.2, -0.15) is 10.2 Å². The van der Waals surface area contributed by atoms with Gasteiger partial charge in [-0.25, -0.2) is 9.48 Å². The molecule has 8 nitrogen and oxygen atoms in total. The minimum absolute atomic E-state index is 0.0913. The highest BCUT2D eigenvalue weighted by Crippen LogP contribution is 2.10. The van der Waals surface area contributed by atoms with Gasteiger partial charge >= 0.3 is 5.69 Å². The van der Waals surface area contributed by atoms with Crippen LogP contribution in [0.15, 0.2) is 23.5 Å². The molecule has 8 heteroatoms. The first-order valence-electron chi connectivity index (χ1n) is 6.41. The Bertz CT molecular complexity index is 653. The predicted molar refractivity (Wildman–Crippen MR) is 71.9 cm³/mol. The monoisotopic (exact) mass is 278 g/mol. The van der Waals surface area contributed by atoms with Crippen LogP contribution >= 0.6 is 0 Å². The fraction of sp³-hybridized carbons (Fsp3) is 0.500. The molecule has 2 aromatic rings. The van der Waals surface area contributed by atoms with E-state index in [0.717, 1.165) is 16.8 Å². The molecule has 2 heterocycles. The van der Waals surface area contributed by atoms with E-state index in [1.165, 1.54) is 10.9 Å². The van der Waals surface area contributed by atoms with Gasteiger partial charge in [0.25, 0.3) is 0 Å². The largest absolute Gasteiger partial charge is 0.348 e. The summed E-state index contributed by atoms with van der Waals surface area (Å²) in [5.41, 5.74) is 0.611. The first-order chi connectivity index (χ1) is 9.51. The number of carbonyl (C=O) groups is 1. The lowest BCUT2D eigenvalue weighted by Crippen LogP contribution is -2.34. The van der Waals surface area contributed by atoms with Gasteiger partial charge in [-0.05, 0) is 13.8 Å². The minimum atomic E-state index is -0.313. The Morgan fingerprint density at radius 2 is 2.20 bits per heavy atom. The average molecular weight is 278 g/mol. The Morgan fingerprint density at radius 3 is 2.75 bits per heavy atom. The third kappa shape index (κ3) is 2.95. The summed E-state index contributed by atoms with van der Waals surface area (Å²) in [5.74, 6) is -0.262. The summed E-state index contributed by atoms with van der Waals surface area (Å²) in [6.07, 6.45) is 4.99. The molecule has 2 rings (SSSR count). The Balaban J connectivity index is 1.97. The van der Waals surface area contributed by atoms with Crippen LogP contribution in [0.2, 0.25) is 0 Å². The molecule has 108 valence electrons. The molecule has 0 spiro atoms. The van der Waals surface area contributed by atoms with Crippen LogP contribution in [-0.2, 0) is 24.9 Å². The molecule has 0 aromatic carbocycles. The Kier molecular flexibility index (Phi) is 4.02. The second kappa shape index (κ2) is 5.72. The zero-order valence-corrected chi connectivity index (χ0v) is 11.8. The number of hydrogen-bond donors (Lipinski definition) is 1. The summed E-state index contributed by atoms with van der Waals surface area (Å²) in [7, 11) is 1.59. The molecule has 1 atom stereocenters. The standard InChI is InChI=1S/C12H18N6O2/c1-4-17-6-10(5-13-17)9(2)15-11(19)7-18-12(20)16(3)8-14-18/h5-6,8-9H,4,7H2,1-3H3,(H,15,19). The van der Waals surface area contributed by atoms with Crippen molar-refractivity contribution in [2.45, 2.75) is 33.0 Å². The van der Waals surface area contributed by atoms with Gasteiger partial charge in [0.05, 0.1) is 12.2 Å². The van der Waals surface area contributed by atoms with Crippen LogP contribution in [0, 0.1) is 0 Å². The summed E-state index contributed by atoms with van der Waals surface area (Å²) in [6.45, 7) is 4.56. The number of carbonyl (C=O) groups excluding carboxylic acids is 1. The van der Waals surface area contributed by atoms with E-state index in [9.17, 15) is 9.59 Å². The number of nitrogens with one attached hydrogen (secondary N) is 1. The van der Waals surface area contributed by atoms with E-state index in [1.54, 1.807) is 17.9 Å². The third-order valence-electron chi connectivity index (χ3n) is 3.03. The number of amides is 1. The van der Waals surface area contributed by atoms with Gasteiger partial charge in [0.2, 0.25) is 5.91 Å².